The largest absolute Gasteiger partial charge is 0.496 e. The lowest BCUT2D eigenvalue weighted by atomic mass is 10.1. The van der Waals surface area contributed by atoms with E-state index < -0.39 is 4.92 Å². The molecular formula is C25H21NO7. The van der Waals surface area contributed by atoms with E-state index >= 15 is 0 Å². The summed E-state index contributed by atoms with van der Waals surface area (Å²) in [6.45, 7) is 2.04. The maximum atomic E-state index is 12.6. The normalized spacial score (nSPS) is 12.1. The number of nitro groups is 1. The van der Waals surface area contributed by atoms with Crippen molar-refractivity contribution < 1.29 is 28.7 Å². The van der Waals surface area contributed by atoms with Crippen LogP contribution in [-0.2, 0) is 6.61 Å². The predicted octanol–water partition coefficient (Wildman–Crippen LogP) is 5.12. The van der Waals surface area contributed by atoms with Crippen LogP contribution in [0.2, 0.25) is 0 Å². The van der Waals surface area contributed by atoms with E-state index in [0.717, 1.165) is 11.1 Å². The SMILES string of the molecule is COc1ccc(/C=C/C(=O)c2ccc3c(c2)OCO3)cc1COc1cc(C)ccc1[N+](=O)[O-]. The van der Waals surface area contributed by atoms with E-state index in [0.29, 0.717) is 28.4 Å². The number of ketones is 1. The highest BCUT2D eigenvalue weighted by Gasteiger charge is 2.17. The van der Waals surface area contributed by atoms with E-state index in [9.17, 15) is 14.9 Å². The van der Waals surface area contributed by atoms with E-state index in [4.69, 9.17) is 18.9 Å². The van der Waals surface area contributed by atoms with Gasteiger partial charge in [-0.1, -0.05) is 18.2 Å². The van der Waals surface area contributed by atoms with Gasteiger partial charge in [0.2, 0.25) is 6.79 Å². The molecule has 0 radical (unpaired) electrons. The number of nitro benzene ring substituents is 1. The summed E-state index contributed by atoms with van der Waals surface area (Å²) in [5, 5.41) is 11.3. The Labute approximate surface area is 190 Å². The van der Waals surface area contributed by atoms with Gasteiger partial charge in [0.25, 0.3) is 0 Å². The standard InChI is InChI=1S/C25H21NO7/c1-16-3-7-20(26(28)29)24(11-16)31-14-19-12-17(5-9-22(19)30-2)4-8-21(27)18-6-10-23-25(13-18)33-15-32-23/h3-13H,14-15H2,1-2H3/b8-4+. The number of benzene rings is 3. The van der Waals surface area contributed by atoms with Crippen LogP contribution in [0.25, 0.3) is 6.08 Å². The molecule has 0 unspecified atom stereocenters. The first-order valence-corrected chi connectivity index (χ1v) is 10.1. The lowest BCUT2D eigenvalue weighted by Gasteiger charge is -2.12. The number of rotatable bonds is 8. The molecule has 33 heavy (non-hydrogen) atoms. The van der Waals surface area contributed by atoms with Crippen molar-refractivity contribution >= 4 is 17.5 Å². The van der Waals surface area contributed by atoms with Crippen molar-refractivity contribution in [3.63, 3.8) is 0 Å². The summed E-state index contributed by atoms with van der Waals surface area (Å²) in [6, 6.07) is 15.1. The van der Waals surface area contributed by atoms with Crippen molar-refractivity contribution in [3.8, 4) is 23.0 Å². The van der Waals surface area contributed by atoms with Crippen LogP contribution in [0, 0.1) is 17.0 Å². The fraction of sp³-hybridized carbons (Fsp3) is 0.160. The van der Waals surface area contributed by atoms with Gasteiger partial charge in [0.05, 0.1) is 12.0 Å². The van der Waals surface area contributed by atoms with Gasteiger partial charge in [0, 0.05) is 17.2 Å². The second kappa shape index (κ2) is 9.44. The molecule has 3 aromatic rings. The highest BCUT2D eigenvalue weighted by atomic mass is 16.7. The van der Waals surface area contributed by atoms with Gasteiger partial charge >= 0.3 is 5.69 Å². The minimum atomic E-state index is -0.479. The second-order valence-corrected chi connectivity index (χ2v) is 7.35. The van der Waals surface area contributed by atoms with Crippen LogP contribution in [0.3, 0.4) is 0 Å². The first-order chi connectivity index (χ1) is 15.9. The molecule has 0 saturated carbocycles. The van der Waals surface area contributed by atoms with Crippen LogP contribution < -0.4 is 18.9 Å². The summed E-state index contributed by atoms with van der Waals surface area (Å²) in [6.07, 6.45) is 3.15. The number of hydrogen-bond acceptors (Lipinski definition) is 7. The van der Waals surface area contributed by atoms with Gasteiger partial charge in [-0.3, -0.25) is 14.9 Å². The Kier molecular flexibility index (Phi) is 6.26. The molecular weight excluding hydrogens is 426 g/mol. The summed E-state index contributed by atoms with van der Waals surface area (Å²) in [7, 11) is 1.53. The van der Waals surface area contributed by atoms with Crippen molar-refractivity contribution in [2.24, 2.45) is 0 Å². The van der Waals surface area contributed by atoms with E-state index in [1.165, 1.54) is 19.3 Å². The number of carbonyl (C=O) groups is 1. The number of methoxy groups -OCH3 is 1. The van der Waals surface area contributed by atoms with Crippen molar-refractivity contribution in [1.82, 2.24) is 0 Å². The van der Waals surface area contributed by atoms with Crippen molar-refractivity contribution in [2.45, 2.75) is 13.5 Å². The highest BCUT2D eigenvalue weighted by molar-refractivity contribution is 6.07. The summed E-state index contributed by atoms with van der Waals surface area (Å²) in [5.74, 6) is 1.73. The average Bonchev–Trinajstić information content (AvgIpc) is 3.29. The molecule has 4 rings (SSSR count). The fourth-order valence-corrected chi connectivity index (χ4v) is 3.38. The Morgan fingerprint density at radius 1 is 1.06 bits per heavy atom. The third-order valence-electron chi connectivity index (χ3n) is 5.08. The molecule has 8 heteroatoms. The Morgan fingerprint density at radius 3 is 2.67 bits per heavy atom. The Hall–Kier alpha value is -4.33. The molecule has 0 spiro atoms. The highest BCUT2D eigenvalue weighted by Crippen LogP contribution is 2.33. The van der Waals surface area contributed by atoms with Crippen molar-refractivity contribution in [3.05, 3.63) is 93.0 Å². The summed E-state index contributed by atoms with van der Waals surface area (Å²) < 4.78 is 21.7. The molecule has 0 amide bonds. The molecule has 0 bridgehead atoms. The number of nitrogens with zero attached hydrogens (tertiary/aromatic N) is 1. The number of allylic oxidation sites excluding steroid dienone is 1. The first kappa shape index (κ1) is 21.9. The molecule has 0 aliphatic carbocycles. The molecule has 1 aliphatic rings. The van der Waals surface area contributed by atoms with Crippen LogP contribution in [0.1, 0.15) is 27.0 Å². The summed E-state index contributed by atoms with van der Waals surface area (Å²) in [4.78, 5) is 23.4. The van der Waals surface area contributed by atoms with E-state index in [2.05, 4.69) is 0 Å². The van der Waals surface area contributed by atoms with Gasteiger partial charge in [0.1, 0.15) is 12.4 Å². The average molecular weight is 447 g/mol. The summed E-state index contributed by atoms with van der Waals surface area (Å²) in [5.41, 5.74) is 2.67. The molecule has 0 saturated heterocycles. The Balaban J connectivity index is 1.52. The van der Waals surface area contributed by atoms with Crippen LogP contribution in [0.5, 0.6) is 23.0 Å². The number of carbonyl (C=O) groups excluding carboxylic acids is 1. The monoisotopic (exact) mass is 447 g/mol. The number of ether oxygens (including phenoxy) is 4. The lowest BCUT2D eigenvalue weighted by molar-refractivity contribution is -0.386. The van der Waals surface area contributed by atoms with Gasteiger partial charge < -0.3 is 18.9 Å². The predicted molar refractivity (Wildman–Crippen MR) is 121 cm³/mol. The van der Waals surface area contributed by atoms with E-state index in [-0.39, 0.29) is 30.6 Å². The topological polar surface area (TPSA) is 97.1 Å². The molecule has 1 aliphatic heterocycles. The zero-order chi connectivity index (χ0) is 23.4. The molecule has 0 aromatic heterocycles. The fourth-order valence-electron chi connectivity index (χ4n) is 3.38. The van der Waals surface area contributed by atoms with Crippen LogP contribution in [0.4, 0.5) is 5.69 Å². The third kappa shape index (κ3) is 4.95. The number of hydrogen-bond donors (Lipinski definition) is 0. The van der Waals surface area contributed by atoms with Crippen LogP contribution in [-0.4, -0.2) is 24.6 Å². The number of fused-ring (bicyclic) bond motifs is 1. The molecule has 0 atom stereocenters. The van der Waals surface area contributed by atoms with E-state index in [1.54, 1.807) is 48.5 Å². The minimum absolute atomic E-state index is 0.0608. The molecule has 1 heterocycles. The van der Waals surface area contributed by atoms with Crippen molar-refractivity contribution in [2.75, 3.05) is 13.9 Å². The molecule has 168 valence electrons. The Bertz CT molecular complexity index is 1250. The molecule has 8 nitrogen and oxygen atoms in total. The van der Waals surface area contributed by atoms with E-state index in [1.807, 2.05) is 13.0 Å². The van der Waals surface area contributed by atoms with Gasteiger partial charge in [-0.25, -0.2) is 0 Å². The van der Waals surface area contributed by atoms with Gasteiger partial charge in [-0.2, -0.15) is 0 Å². The van der Waals surface area contributed by atoms with Gasteiger partial charge in [-0.05, 0) is 60.5 Å². The van der Waals surface area contributed by atoms with Gasteiger partial charge in [0.15, 0.2) is 23.0 Å². The summed E-state index contributed by atoms with van der Waals surface area (Å²) >= 11 is 0. The quantitative estimate of drug-likeness (QED) is 0.205. The van der Waals surface area contributed by atoms with Crippen molar-refractivity contribution in [1.29, 1.82) is 0 Å². The molecule has 0 fully saturated rings. The lowest BCUT2D eigenvalue weighted by Crippen LogP contribution is -2.02. The maximum Gasteiger partial charge on any atom is 0.310 e. The van der Waals surface area contributed by atoms with Gasteiger partial charge in [-0.15, -0.1) is 0 Å². The van der Waals surface area contributed by atoms with Crippen LogP contribution in [0.15, 0.2) is 60.7 Å². The first-order valence-electron chi connectivity index (χ1n) is 10.1. The second-order valence-electron chi connectivity index (χ2n) is 7.35. The smallest absolute Gasteiger partial charge is 0.310 e. The third-order valence-corrected chi connectivity index (χ3v) is 5.08. The molecule has 0 N–H and O–H groups in total. The zero-order valence-electron chi connectivity index (χ0n) is 18.1. The zero-order valence-corrected chi connectivity index (χ0v) is 18.1. The minimum Gasteiger partial charge on any atom is -0.496 e. The van der Waals surface area contributed by atoms with Crippen LogP contribution >= 0.6 is 0 Å². The number of aryl methyl sites for hydroxylation is 1. The maximum absolute atomic E-state index is 12.6. The molecule has 3 aromatic carbocycles. The Morgan fingerprint density at radius 2 is 1.88 bits per heavy atom.